The molecule has 3 aromatic carbocycles. The van der Waals surface area contributed by atoms with Crippen molar-refractivity contribution in [1.29, 1.82) is 0 Å². The van der Waals surface area contributed by atoms with Gasteiger partial charge in [-0.05, 0) is 48.0 Å². The van der Waals surface area contributed by atoms with Crippen LogP contribution < -0.4 is 10.1 Å². The van der Waals surface area contributed by atoms with Crippen molar-refractivity contribution in [3.05, 3.63) is 75.8 Å². The fraction of sp³-hybridized carbons (Fsp3) is 0.227. The largest absolute Gasteiger partial charge is 0.496 e. The third-order valence-corrected chi connectivity index (χ3v) is 5.84. The zero-order valence-corrected chi connectivity index (χ0v) is 17.8. The van der Waals surface area contributed by atoms with Crippen LogP contribution in [0.2, 0.25) is 0 Å². The molecule has 0 saturated carbocycles. The summed E-state index contributed by atoms with van der Waals surface area (Å²) in [6, 6.07) is 18.0. The Hall–Kier alpha value is -1.98. The summed E-state index contributed by atoms with van der Waals surface area (Å²) in [5.74, 6) is 2.56. The summed E-state index contributed by atoms with van der Waals surface area (Å²) in [5, 5.41) is 5.37. The number of halogens is 1. The average Bonchev–Trinajstić information content (AvgIpc) is 2.67. The Bertz CT molecular complexity index is 941. The summed E-state index contributed by atoms with van der Waals surface area (Å²) in [5.41, 5.74) is 3.04. The lowest BCUT2D eigenvalue weighted by atomic mass is 10.0. The SMILES string of the molecule is COc1ccc2cc(Br)ccc2c1CSCCNC(=O)c1ccc(C)cc1. The Balaban J connectivity index is 1.57. The molecule has 3 nitrogen and oxygen atoms in total. The van der Waals surface area contributed by atoms with E-state index in [0.717, 1.165) is 27.3 Å². The normalized spacial score (nSPS) is 10.8. The van der Waals surface area contributed by atoms with Crippen molar-refractivity contribution in [2.45, 2.75) is 12.7 Å². The number of thioether (sulfide) groups is 1. The molecule has 0 radical (unpaired) electrons. The highest BCUT2D eigenvalue weighted by molar-refractivity contribution is 9.10. The summed E-state index contributed by atoms with van der Waals surface area (Å²) in [7, 11) is 1.70. The number of carbonyl (C=O) groups excluding carboxylic acids is 1. The molecule has 0 saturated heterocycles. The third kappa shape index (κ3) is 5.05. The van der Waals surface area contributed by atoms with Crippen LogP contribution >= 0.6 is 27.7 Å². The maximum Gasteiger partial charge on any atom is 0.251 e. The van der Waals surface area contributed by atoms with Crippen molar-refractivity contribution in [1.82, 2.24) is 5.32 Å². The molecule has 0 aliphatic rings. The van der Waals surface area contributed by atoms with Crippen molar-refractivity contribution < 1.29 is 9.53 Å². The molecule has 0 aliphatic heterocycles. The molecule has 0 unspecified atom stereocenters. The quantitative estimate of drug-likeness (QED) is 0.484. The summed E-state index contributed by atoms with van der Waals surface area (Å²) in [6.07, 6.45) is 0. The van der Waals surface area contributed by atoms with Crippen molar-refractivity contribution >= 4 is 44.4 Å². The molecule has 0 aliphatic carbocycles. The van der Waals surface area contributed by atoms with Gasteiger partial charge < -0.3 is 10.1 Å². The van der Waals surface area contributed by atoms with Gasteiger partial charge in [-0.3, -0.25) is 4.79 Å². The fourth-order valence-electron chi connectivity index (χ4n) is 2.90. The van der Waals surface area contributed by atoms with Crippen molar-refractivity contribution in [3.63, 3.8) is 0 Å². The van der Waals surface area contributed by atoms with Gasteiger partial charge in [-0.2, -0.15) is 11.8 Å². The number of aryl methyl sites for hydroxylation is 1. The molecule has 1 amide bonds. The second kappa shape index (κ2) is 9.29. The van der Waals surface area contributed by atoms with Gasteiger partial charge in [0.25, 0.3) is 5.91 Å². The predicted molar refractivity (Wildman–Crippen MR) is 118 cm³/mol. The monoisotopic (exact) mass is 443 g/mol. The highest BCUT2D eigenvalue weighted by atomic mass is 79.9. The Kier molecular flexibility index (Phi) is 6.80. The van der Waals surface area contributed by atoms with E-state index >= 15 is 0 Å². The second-order valence-electron chi connectivity index (χ2n) is 6.29. The van der Waals surface area contributed by atoms with Crippen LogP contribution in [-0.2, 0) is 5.75 Å². The van der Waals surface area contributed by atoms with Crippen LogP contribution in [0.25, 0.3) is 10.8 Å². The maximum atomic E-state index is 12.2. The molecule has 3 rings (SSSR count). The lowest BCUT2D eigenvalue weighted by Crippen LogP contribution is -2.25. The van der Waals surface area contributed by atoms with Gasteiger partial charge in [0.15, 0.2) is 0 Å². The van der Waals surface area contributed by atoms with Crippen LogP contribution in [0.15, 0.2) is 59.1 Å². The molecular formula is C22H22BrNO2S. The Labute approximate surface area is 172 Å². The number of hydrogen-bond acceptors (Lipinski definition) is 3. The molecule has 0 heterocycles. The van der Waals surface area contributed by atoms with Crippen LogP contribution in [0.5, 0.6) is 5.75 Å². The minimum Gasteiger partial charge on any atom is -0.496 e. The van der Waals surface area contributed by atoms with Crippen LogP contribution in [0, 0.1) is 6.92 Å². The average molecular weight is 444 g/mol. The number of methoxy groups -OCH3 is 1. The zero-order valence-electron chi connectivity index (χ0n) is 15.4. The summed E-state index contributed by atoms with van der Waals surface area (Å²) in [6.45, 7) is 2.65. The van der Waals surface area contributed by atoms with E-state index in [0.29, 0.717) is 12.1 Å². The molecule has 0 bridgehead atoms. The Morgan fingerprint density at radius 1 is 1.11 bits per heavy atom. The number of hydrogen-bond donors (Lipinski definition) is 1. The van der Waals surface area contributed by atoms with Gasteiger partial charge in [0.05, 0.1) is 7.11 Å². The number of rotatable bonds is 7. The number of carbonyl (C=O) groups is 1. The maximum absolute atomic E-state index is 12.2. The van der Waals surface area contributed by atoms with E-state index < -0.39 is 0 Å². The number of fused-ring (bicyclic) bond motifs is 1. The van der Waals surface area contributed by atoms with E-state index in [4.69, 9.17) is 4.74 Å². The number of amides is 1. The van der Waals surface area contributed by atoms with E-state index in [1.54, 1.807) is 18.9 Å². The van der Waals surface area contributed by atoms with E-state index in [2.05, 4.69) is 45.5 Å². The highest BCUT2D eigenvalue weighted by Gasteiger charge is 2.09. The first-order valence-corrected chi connectivity index (χ1v) is 10.7. The first-order valence-electron chi connectivity index (χ1n) is 8.76. The Morgan fingerprint density at radius 2 is 1.89 bits per heavy atom. The minimum absolute atomic E-state index is 0.0248. The zero-order chi connectivity index (χ0) is 19.2. The van der Waals surface area contributed by atoms with Crippen LogP contribution in [-0.4, -0.2) is 25.3 Å². The Morgan fingerprint density at radius 3 is 2.63 bits per heavy atom. The lowest BCUT2D eigenvalue weighted by Gasteiger charge is -2.12. The topological polar surface area (TPSA) is 38.3 Å². The molecule has 0 spiro atoms. The summed E-state index contributed by atoms with van der Waals surface area (Å²) >= 11 is 5.31. The van der Waals surface area contributed by atoms with E-state index in [-0.39, 0.29) is 5.91 Å². The predicted octanol–water partition coefficient (Wildman–Crippen LogP) is 5.58. The van der Waals surface area contributed by atoms with Gasteiger partial charge >= 0.3 is 0 Å². The molecule has 5 heteroatoms. The fourth-order valence-corrected chi connectivity index (χ4v) is 4.17. The smallest absolute Gasteiger partial charge is 0.251 e. The van der Waals surface area contributed by atoms with Crippen LogP contribution in [0.1, 0.15) is 21.5 Å². The van der Waals surface area contributed by atoms with E-state index in [9.17, 15) is 4.79 Å². The van der Waals surface area contributed by atoms with Gasteiger partial charge in [-0.1, -0.05) is 45.8 Å². The highest BCUT2D eigenvalue weighted by Crippen LogP contribution is 2.32. The first kappa shape index (κ1) is 19.8. The van der Waals surface area contributed by atoms with Crippen molar-refractivity contribution in [2.24, 2.45) is 0 Å². The van der Waals surface area contributed by atoms with Gasteiger partial charge in [-0.25, -0.2) is 0 Å². The third-order valence-electron chi connectivity index (χ3n) is 4.36. The molecule has 27 heavy (non-hydrogen) atoms. The minimum atomic E-state index is -0.0248. The van der Waals surface area contributed by atoms with Crippen LogP contribution in [0.3, 0.4) is 0 Å². The number of ether oxygens (including phenoxy) is 1. The molecule has 3 aromatic rings. The number of nitrogens with one attached hydrogen (secondary N) is 1. The molecule has 1 N–H and O–H groups in total. The van der Waals surface area contributed by atoms with E-state index in [1.165, 1.54) is 16.3 Å². The van der Waals surface area contributed by atoms with Crippen LogP contribution in [0.4, 0.5) is 0 Å². The van der Waals surface area contributed by atoms with Gasteiger partial charge in [0, 0.05) is 33.7 Å². The molecule has 140 valence electrons. The van der Waals surface area contributed by atoms with Gasteiger partial charge in [0.2, 0.25) is 0 Å². The molecular weight excluding hydrogens is 422 g/mol. The standard InChI is InChI=1S/C22H22BrNO2S/c1-15-3-5-16(6-4-15)22(25)24-11-12-27-14-20-19-9-8-18(23)13-17(19)7-10-21(20)26-2/h3-10,13H,11-12,14H2,1-2H3,(H,24,25). The van der Waals surface area contributed by atoms with Gasteiger partial charge in [0.1, 0.15) is 5.75 Å². The first-order chi connectivity index (χ1) is 13.1. The van der Waals surface area contributed by atoms with Gasteiger partial charge in [-0.15, -0.1) is 0 Å². The molecule has 0 fully saturated rings. The summed E-state index contributed by atoms with van der Waals surface area (Å²) in [4.78, 5) is 12.2. The lowest BCUT2D eigenvalue weighted by molar-refractivity contribution is 0.0956. The van der Waals surface area contributed by atoms with E-state index in [1.807, 2.05) is 37.3 Å². The molecule has 0 atom stereocenters. The summed E-state index contributed by atoms with van der Waals surface area (Å²) < 4.78 is 6.62. The van der Waals surface area contributed by atoms with Crippen molar-refractivity contribution in [3.8, 4) is 5.75 Å². The van der Waals surface area contributed by atoms with Crippen molar-refractivity contribution in [2.75, 3.05) is 19.4 Å². The molecule has 0 aromatic heterocycles. The second-order valence-corrected chi connectivity index (χ2v) is 8.31. The number of benzene rings is 3.